The Labute approximate surface area is 120 Å². The van der Waals surface area contributed by atoms with Crippen LogP contribution in [0.5, 0.6) is 0 Å². The lowest BCUT2D eigenvalue weighted by atomic mass is 10.3. The van der Waals surface area contributed by atoms with Crippen LogP contribution >= 0.6 is 11.6 Å². The lowest BCUT2D eigenvalue weighted by Crippen LogP contribution is -2.41. The van der Waals surface area contributed by atoms with E-state index < -0.39 is 15.8 Å². The number of fused-ring (bicyclic) bond motifs is 1. The summed E-state index contributed by atoms with van der Waals surface area (Å²) in [5, 5.41) is 2.64. The molecule has 0 aliphatic carbocycles. The van der Waals surface area contributed by atoms with E-state index >= 15 is 0 Å². The predicted octanol–water partition coefficient (Wildman–Crippen LogP) is 1.33. The molecule has 0 bridgehead atoms. The maximum Gasteiger partial charge on any atom is 0.266 e. The summed E-state index contributed by atoms with van der Waals surface area (Å²) in [7, 11) is -3.85. The molecule has 108 valence electrons. The Hall–Kier alpha value is -1.38. The Balaban J connectivity index is 2.00. The van der Waals surface area contributed by atoms with Gasteiger partial charge in [-0.05, 0) is 18.6 Å². The quantitative estimate of drug-likeness (QED) is 0.818. The molecule has 2 heterocycles. The third-order valence-corrected chi connectivity index (χ3v) is 4.68. The molecular formula is C11H11ClFN3O3S. The molecule has 0 spiro atoms. The number of benzene rings is 1. The molecule has 1 unspecified atom stereocenters. The summed E-state index contributed by atoms with van der Waals surface area (Å²) >= 11 is 5.67. The van der Waals surface area contributed by atoms with Crippen LogP contribution in [-0.4, -0.2) is 33.6 Å². The number of ether oxygens (including phenoxy) is 1. The highest BCUT2D eigenvalue weighted by atomic mass is 35.5. The molecule has 6 nitrogen and oxygen atoms in total. The van der Waals surface area contributed by atoms with Crippen LogP contribution in [0.25, 0.3) is 0 Å². The van der Waals surface area contributed by atoms with Gasteiger partial charge in [-0.1, -0.05) is 11.6 Å². The average molecular weight is 320 g/mol. The molecule has 2 aliphatic heterocycles. The zero-order valence-corrected chi connectivity index (χ0v) is 11.8. The van der Waals surface area contributed by atoms with Crippen LogP contribution in [0.4, 0.5) is 10.1 Å². The summed E-state index contributed by atoms with van der Waals surface area (Å²) in [5.74, 6) is -0.696. The largest absolute Gasteiger partial charge is 0.379 e. The molecule has 0 aromatic heterocycles. The van der Waals surface area contributed by atoms with E-state index in [9.17, 15) is 12.8 Å². The van der Waals surface area contributed by atoms with Crippen molar-refractivity contribution >= 4 is 33.3 Å². The zero-order valence-electron chi connectivity index (χ0n) is 10.2. The van der Waals surface area contributed by atoms with Gasteiger partial charge in [-0.3, -0.25) is 0 Å². The first kappa shape index (κ1) is 13.6. The van der Waals surface area contributed by atoms with E-state index in [0.29, 0.717) is 13.2 Å². The Morgan fingerprint density at radius 3 is 2.95 bits per heavy atom. The van der Waals surface area contributed by atoms with Gasteiger partial charge in [0.05, 0.1) is 23.4 Å². The number of guanidine groups is 1. The Morgan fingerprint density at radius 1 is 1.45 bits per heavy atom. The third kappa shape index (κ3) is 2.46. The van der Waals surface area contributed by atoms with Gasteiger partial charge in [-0.25, -0.2) is 22.5 Å². The molecule has 1 aromatic carbocycles. The van der Waals surface area contributed by atoms with Gasteiger partial charge in [0.15, 0.2) is 0 Å². The molecule has 1 atom stereocenters. The van der Waals surface area contributed by atoms with Crippen molar-refractivity contribution < 1.29 is 17.5 Å². The van der Waals surface area contributed by atoms with E-state index in [-0.39, 0.29) is 27.6 Å². The second-order valence-corrected chi connectivity index (χ2v) is 6.55. The minimum atomic E-state index is -3.85. The summed E-state index contributed by atoms with van der Waals surface area (Å²) in [4.78, 5) is 4.04. The van der Waals surface area contributed by atoms with E-state index in [0.717, 1.165) is 12.5 Å². The molecule has 1 fully saturated rings. The van der Waals surface area contributed by atoms with Gasteiger partial charge in [-0.2, -0.15) is 0 Å². The van der Waals surface area contributed by atoms with Crippen LogP contribution in [0, 0.1) is 5.82 Å². The Kier molecular flexibility index (Phi) is 3.31. The number of halogens is 2. The number of nitrogens with zero attached hydrogens (tertiary/aromatic N) is 1. The van der Waals surface area contributed by atoms with Crippen molar-refractivity contribution in [3.63, 3.8) is 0 Å². The zero-order chi connectivity index (χ0) is 14.3. The Bertz CT molecular complexity index is 686. The van der Waals surface area contributed by atoms with Crippen LogP contribution in [0.15, 0.2) is 22.0 Å². The highest BCUT2D eigenvalue weighted by Gasteiger charge is 2.29. The van der Waals surface area contributed by atoms with Gasteiger partial charge >= 0.3 is 0 Å². The standard InChI is InChI=1S/C11H11ClFN3O3S/c12-7-3-9-10(4-8(7)13)20(17,18)16-11(15-9)14-6-1-2-19-5-6/h3-4,6H,1-2,5H2,(H2,14,15,16). The highest BCUT2D eigenvalue weighted by Crippen LogP contribution is 2.30. The maximum atomic E-state index is 13.4. The molecule has 1 saturated heterocycles. The fourth-order valence-electron chi connectivity index (χ4n) is 2.05. The Morgan fingerprint density at radius 2 is 2.25 bits per heavy atom. The van der Waals surface area contributed by atoms with Gasteiger partial charge in [0.25, 0.3) is 10.0 Å². The van der Waals surface area contributed by atoms with Gasteiger partial charge in [0.2, 0.25) is 5.96 Å². The summed E-state index contributed by atoms with van der Waals surface area (Å²) in [6.07, 6.45) is 0.726. The molecule has 0 amide bonds. The lowest BCUT2D eigenvalue weighted by molar-refractivity contribution is 0.194. The van der Waals surface area contributed by atoms with Gasteiger partial charge in [0.1, 0.15) is 10.7 Å². The van der Waals surface area contributed by atoms with E-state index in [2.05, 4.69) is 15.0 Å². The molecule has 0 saturated carbocycles. The van der Waals surface area contributed by atoms with E-state index in [4.69, 9.17) is 16.3 Å². The summed E-state index contributed by atoms with van der Waals surface area (Å²) < 4.78 is 44.9. The van der Waals surface area contributed by atoms with Crippen molar-refractivity contribution in [2.75, 3.05) is 18.5 Å². The van der Waals surface area contributed by atoms with Crippen LogP contribution in [0.3, 0.4) is 0 Å². The molecule has 0 radical (unpaired) electrons. The second-order valence-electron chi connectivity index (χ2n) is 4.49. The minimum Gasteiger partial charge on any atom is -0.379 e. The maximum absolute atomic E-state index is 13.4. The predicted molar refractivity (Wildman–Crippen MR) is 72.0 cm³/mol. The van der Waals surface area contributed by atoms with Crippen molar-refractivity contribution in [1.29, 1.82) is 0 Å². The fraction of sp³-hybridized carbons (Fsp3) is 0.364. The molecule has 2 N–H and O–H groups in total. The van der Waals surface area contributed by atoms with Crippen LogP contribution in [-0.2, 0) is 14.8 Å². The molecule has 9 heteroatoms. The summed E-state index contributed by atoms with van der Waals surface area (Å²) in [5.41, 5.74) is 0.202. The summed E-state index contributed by atoms with van der Waals surface area (Å²) in [6.45, 7) is 1.05. The second kappa shape index (κ2) is 4.87. The SMILES string of the molecule is O=S1(=O)NC(=NC2CCOC2)Nc2cc(Cl)c(F)cc21. The minimum absolute atomic E-state index is 0.0932. The number of sulfonamides is 1. The molecule has 3 rings (SSSR count). The van der Waals surface area contributed by atoms with E-state index in [1.54, 1.807) is 0 Å². The first-order valence-corrected chi connectivity index (χ1v) is 7.76. The van der Waals surface area contributed by atoms with Crippen molar-refractivity contribution in [3.8, 4) is 0 Å². The van der Waals surface area contributed by atoms with E-state index in [1.807, 2.05) is 0 Å². The van der Waals surface area contributed by atoms with Gasteiger partial charge in [0, 0.05) is 6.61 Å². The lowest BCUT2D eigenvalue weighted by Gasteiger charge is -2.22. The van der Waals surface area contributed by atoms with Crippen molar-refractivity contribution in [2.45, 2.75) is 17.4 Å². The third-order valence-electron chi connectivity index (χ3n) is 3.01. The fourth-order valence-corrected chi connectivity index (χ4v) is 3.34. The first-order valence-electron chi connectivity index (χ1n) is 5.90. The van der Waals surface area contributed by atoms with E-state index in [1.165, 1.54) is 6.07 Å². The van der Waals surface area contributed by atoms with Crippen LogP contribution in [0.1, 0.15) is 6.42 Å². The van der Waals surface area contributed by atoms with Gasteiger partial charge in [-0.15, -0.1) is 0 Å². The number of hydrogen-bond donors (Lipinski definition) is 2. The molecule has 2 aliphatic rings. The monoisotopic (exact) mass is 319 g/mol. The van der Waals surface area contributed by atoms with Crippen molar-refractivity contribution in [1.82, 2.24) is 4.72 Å². The number of nitrogens with one attached hydrogen (secondary N) is 2. The normalized spacial score (nSPS) is 25.9. The van der Waals surface area contributed by atoms with Crippen LogP contribution in [0.2, 0.25) is 5.02 Å². The molecule has 1 aromatic rings. The highest BCUT2D eigenvalue weighted by molar-refractivity contribution is 7.90. The number of aliphatic imine (C=N–C) groups is 1. The number of anilines is 1. The molecular weight excluding hydrogens is 309 g/mol. The summed E-state index contributed by atoms with van der Waals surface area (Å²) in [6, 6.07) is 2.01. The number of hydrogen-bond acceptors (Lipinski definition) is 4. The molecule has 20 heavy (non-hydrogen) atoms. The topological polar surface area (TPSA) is 79.8 Å². The van der Waals surface area contributed by atoms with Gasteiger partial charge < -0.3 is 10.1 Å². The average Bonchev–Trinajstić information content (AvgIpc) is 2.84. The number of rotatable bonds is 1. The smallest absolute Gasteiger partial charge is 0.266 e. The van der Waals surface area contributed by atoms with Crippen molar-refractivity contribution in [3.05, 3.63) is 23.0 Å². The van der Waals surface area contributed by atoms with Crippen molar-refractivity contribution in [2.24, 2.45) is 4.99 Å². The van der Waals surface area contributed by atoms with Crippen LogP contribution < -0.4 is 10.0 Å². The first-order chi connectivity index (χ1) is 9.45.